The number of carbonyl (C=O) groups is 2. The highest BCUT2D eigenvalue weighted by molar-refractivity contribution is 8.13. The van der Waals surface area contributed by atoms with Gasteiger partial charge in [-0.25, -0.2) is 10.0 Å². The lowest BCUT2D eigenvalue weighted by Crippen LogP contribution is -2.54. The zero-order valence-corrected chi connectivity index (χ0v) is 14.2. The number of carbonyl (C=O) groups excluding carboxylic acids is 2. The van der Waals surface area contributed by atoms with Crippen LogP contribution in [-0.2, 0) is 4.79 Å². The monoisotopic (exact) mass is 350 g/mol. The van der Waals surface area contributed by atoms with E-state index >= 15 is 0 Å². The molecule has 1 N–H and O–H groups in total. The maximum atomic E-state index is 13.0. The number of thioether (sulfide) groups is 1. The van der Waals surface area contributed by atoms with Crippen molar-refractivity contribution in [3.8, 4) is 0 Å². The van der Waals surface area contributed by atoms with Crippen molar-refractivity contribution in [2.75, 3.05) is 6.26 Å². The largest absolute Gasteiger partial charge is 0.298 e. The van der Waals surface area contributed by atoms with Crippen molar-refractivity contribution >= 4 is 34.3 Å². The van der Waals surface area contributed by atoms with Crippen molar-refractivity contribution < 1.29 is 9.59 Å². The molecule has 0 fully saturated rings. The Kier molecular flexibility index (Phi) is 3.85. The molecule has 1 atom stereocenters. The Hall–Kier alpha value is -2.93. The lowest BCUT2D eigenvalue weighted by molar-refractivity contribution is -0.115. The number of benzene rings is 2. The predicted octanol–water partition coefficient (Wildman–Crippen LogP) is 0.703. The number of fused-ring (bicyclic) bond motifs is 2. The van der Waals surface area contributed by atoms with E-state index in [-0.39, 0.29) is 11.7 Å². The third kappa shape index (κ3) is 2.62. The van der Waals surface area contributed by atoms with Crippen molar-refractivity contribution in [3.63, 3.8) is 0 Å². The van der Waals surface area contributed by atoms with Gasteiger partial charge in [-0.1, -0.05) is 60.3 Å². The Morgan fingerprint density at radius 2 is 1.84 bits per heavy atom. The molecule has 0 aliphatic carbocycles. The summed E-state index contributed by atoms with van der Waals surface area (Å²) in [7, 11) is 0. The normalized spacial score (nSPS) is 18.5. The summed E-state index contributed by atoms with van der Waals surface area (Å²) < 4.78 is 0. The first-order chi connectivity index (χ1) is 12.2. The summed E-state index contributed by atoms with van der Waals surface area (Å²) in [5.41, 5.74) is 0.875. The van der Waals surface area contributed by atoms with E-state index in [0.29, 0.717) is 27.0 Å². The van der Waals surface area contributed by atoms with Crippen LogP contribution in [0, 0.1) is 0 Å². The maximum absolute atomic E-state index is 13.0. The van der Waals surface area contributed by atoms with Gasteiger partial charge in [0.05, 0.1) is 5.36 Å². The molecule has 2 aliphatic rings. The summed E-state index contributed by atoms with van der Waals surface area (Å²) in [6.45, 7) is 0. The zero-order chi connectivity index (χ0) is 17.4. The number of para-hydroxylation sites is 1. The number of nitrogens with one attached hydrogen (secondary N) is 1. The summed E-state index contributed by atoms with van der Waals surface area (Å²) >= 11 is 1.31. The summed E-state index contributed by atoms with van der Waals surface area (Å²) in [6, 6.07) is 16.2. The average molecular weight is 350 g/mol. The highest BCUT2D eigenvalue weighted by Crippen LogP contribution is 2.22. The van der Waals surface area contributed by atoms with Crippen molar-refractivity contribution in [2.45, 2.75) is 6.17 Å². The van der Waals surface area contributed by atoms with E-state index in [1.165, 1.54) is 16.8 Å². The number of amidine groups is 1. The van der Waals surface area contributed by atoms with E-state index < -0.39 is 6.17 Å². The molecule has 2 aliphatic heterocycles. The molecule has 0 aromatic heterocycles. The fraction of sp³-hybridized carbons (Fsp3) is 0.111. The van der Waals surface area contributed by atoms with Crippen LogP contribution in [0.2, 0.25) is 0 Å². The standard InChI is InChI=1S/C18H14N4O2S/c1-25-18-20-17(24)14-12-9-5-6-10-13(12)19-16(22(14)21-18)15(23)11-7-3-2-4-8-11/h2-10,16H,1H3,(H,20,21,24)/t16-/m0/s1. The van der Waals surface area contributed by atoms with Gasteiger partial charge in [0.1, 0.15) is 5.70 Å². The summed E-state index contributed by atoms with van der Waals surface area (Å²) in [6.07, 6.45) is 0.910. The fourth-order valence-corrected chi connectivity index (χ4v) is 3.21. The van der Waals surface area contributed by atoms with Gasteiger partial charge < -0.3 is 0 Å². The van der Waals surface area contributed by atoms with E-state index in [4.69, 9.17) is 0 Å². The quantitative estimate of drug-likeness (QED) is 0.810. The van der Waals surface area contributed by atoms with Gasteiger partial charge in [0, 0.05) is 10.8 Å². The highest BCUT2D eigenvalue weighted by atomic mass is 32.2. The molecule has 0 saturated carbocycles. The minimum atomic E-state index is -0.902. The van der Waals surface area contributed by atoms with Crippen LogP contribution in [0.4, 0.5) is 0 Å². The summed E-state index contributed by atoms with van der Waals surface area (Å²) in [5.74, 6) is -0.487. The van der Waals surface area contributed by atoms with Gasteiger partial charge in [-0.3, -0.25) is 14.9 Å². The Labute approximate surface area is 147 Å². The molecular formula is C18H14N4O2S. The van der Waals surface area contributed by atoms with Crippen LogP contribution in [0.5, 0.6) is 0 Å². The molecule has 2 aromatic carbocycles. The smallest absolute Gasteiger partial charge is 0.276 e. The van der Waals surface area contributed by atoms with Crippen LogP contribution in [0.3, 0.4) is 0 Å². The van der Waals surface area contributed by atoms with Gasteiger partial charge in [-0.05, 0) is 12.3 Å². The SMILES string of the molecule is CSC1=NN2C(=c3ccccc3=N[C@@H]2C(=O)c2ccccc2)C(=O)N1. The van der Waals surface area contributed by atoms with Gasteiger partial charge in [0.25, 0.3) is 5.91 Å². The first kappa shape index (κ1) is 15.6. The van der Waals surface area contributed by atoms with E-state index in [2.05, 4.69) is 15.4 Å². The molecule has 0 spiro atoms. The molecule has 7 heteroatoms. The molecule has 2 heterocycles. The number of hydrazone groups is 1. The van der Waals surface area contributed by atoms with Crippen molar-refractivity contribution in [2.24, 2.45) is 10.1 Å². The molecule has 124 valence electrons. The minimum absolute atomic E-state index is 0.202. The molecule has 1 amide bonds. The number of rotatable bonds is 2. The minimum Gasteiger partial charge on any atom is -0.298 e. The molecule has 25 heavy (non-hydrogen) atoms. The third-order valence-corrected chi connectivity index (χ3v) is 4.57. The van der Waals surface area contributed by atoms with Gasteiger partial charge in [-0.15, -0.1) is 5.10 Å². The topological polar surface area (TPSA) is 74.1 Å². The van der Waals surface area contributed by atoms with Crippen molar-refractivity contribution in [1.82, 2.24) is 10.3 Å². The van der Waals surface area contributed by atoms with E-state index in [1.54, 1.807) is 30.3 Å². The molecule has 4 rings (SSSR count). The third-order valence-electron chi connectivity index (χ3n) is 4.00. The van der Waals surface area contributed by atoms with E-state index in [0.717, 1.165) is 0 Å². The maximum Gasteiger partial charge on any atom is 0.276 e. The van der Waals surface area contributed by atoms with Gasteiger partial charge in [-0.2, -0.15) is 0 Å². The molecular weight excluding hydrogens is 336 g/mol. The molecule has 0 unspecified atom stereocenters. The highest BCUT2D eigenvalue weighted by Gasteiger charge is 2.37. The second kappa shape index (κ2) is 6.18. The number of amides is 1. The predicted molar refractivity (Wildman–Crippen MR) is 96.1 cm³/mol. The van der Waals surface area contributed by atoms with Crippen LogP contribution >= 0.6 is 11.8 Å². The first-order valence-electron chi connectivity index (χ1n) is 7.68. The summed E-state index contributed by atoms with van der Waals surface area (Å²) in [5, 5.41) is 10.3. The van der Waals surface area contributed by atoms with Gasteiger partial charge in [0.2, 0.25) is 11.9 Å². The zero-order valence-electron chi connectivity index (χ0n) is 13.3. The molecule has 0 radical (unpaired) electrons. The molecule has 6 nitrogen and oxygen atoms in total. The van der Waals surface area contributed by atoms with Crippen LogP contribution in [0.25, 0.3) is 5.70 Å². The number of hydrogen-bond donors (Lipinski definition) is 1. The number of nitrogens with zero attached hydrogens (tertiary/aromatic N) is 3. The molecule has 0 bridgehead atoms. The number of Topliss-reactive ketones (excluding diaryl/α,β-unsaturated/α-hetero) is 1. The first-order valence-corrected chi connectivity index (χ1v) is 8.91. The number of ketones is 1. The second-order valence-corrected chi connectivity index (χ2v) is 6.30. The van der Waals surface area contributed by atoms with E-state index in [9.17, 15) is 9.59 Å². The Balaban J connectivity index is 1.93. The number of hydrogen-bond acceptors (Lipinski definition) is 6. The average Bonchev–Trinajstić information content (AvgIpc) is 2.67. The fourth-order valence-electron chi connectivity index (χ4n) is 2.84. The lowest BCUT2D eigenvalue weighted by Gasteiger charge is -2.32. The van der Waals surface area contributed by atoms with Gasteiger partial charge >= 0.3 is 0 Å². The lowest BCUT2D eigenvalue weighted by atomic mass is 10.1. The molecule has 2 aromatic rings. The van der Waals surface area contributed by atoms with Gasteiger partial charge in [0.15, 0.2) is 5.17 Å². The van der Waals surface area contributed by atoms with E-state index in [1.807, 2.05) is 30.5 Å². The van der Waals surface area contributed by atoms with Crippen LogP contribution < -0.4 is 15.9 Å². The van der Waals surface area contributed by atoms with Crippen LogP contribution in [-0.4, -0.2) is 34.3 Å². The van der Waals surface area contributed by atoms with Crippen LogP contribution in [0.1, 0.15) is 10.4 Å². The Bertz CT molecular complexity index is 1020. The Morgan fingerprint density at radius 1 is 1.12 bits per heavy atom. The molecule has 0 saturated heterocycles. The van der Waals surface area contributed by atoms with Crippen molar-refractivity contribution in [3.05, 3.63) is 70.7 Å². The second-order valence-electron chi connectivity index (χ2n) is 5.51. The Morgan fingerprint density at radius 3 is 2.60 bits per heavy atom. The summed E-state index contributed by atoms with van der Waals surface area (Å²) in [4.78, 5) is 30.2. The van der Waals surface area contributed by atoms with Crippen LogP contribution in [0.15, 0.2) is 64.7 Å². The van der Waals surface area contributed by atoms with Crippen molar-refractivity contribution in [1.29, 1.82) is 0 Å².